The number of hydrogen-bond donors (Lipinski definition) is 2. The van der Waals surface area contributed by atoms with Crippen molar-refractivity contribution in [3.8, 4) is 0 Å². The normalized spacial score (nSPS) is 12.2. The van der Waals surface area contributed by atoms with Crippen molar-refractivity contribution in [2.24, 2.45) is 0 Å². The Morgan fingerprint density at radius 3 is 2.12 bits per heavy atom. The summed E-state index contributed by atoms with van der Waals surface area (Å²) in [6, 6.07) is 5.88. The number of amides is 2. The maximum Gasteiger partial charge on any atom is 0.407 e. The molecule has 0 saturated carbocycles. The van der Waals surface area contributed by atoms with E-state index in [4.69, 9.17) is 9.57 Å². The Bertz CT molecular complexity index is 590. The van der Waals surface area contributed by atoms with Crippen LogP contribution in [0.4, 0.5) is 4.79 Å². The lowest BCUT2D eigenvalue weighted by Crippen LogP contribution is -2.41. The second-order valence-corrected chi connectivity index (χ2v) is 6.42. The SMILES string of the molecule is CC(=O)c1ccc(C(=O)NOC[C@H](C)NC(=O)OC(C)(C)C)cc1. The van der Waals surface area contributed by atoms with Crippen LogP contribution in [-0.4, -0.2) is 36.0 Å². The molecule has 0 heterocycles. The van der Waals surface area contributed by atoms with E-state index < -0.39 is 17.6 Å². The maximum absolute atomic E-state index is 11.9. The Hall–Kier alpha value is -2.41. The molecule has 0 aliphatic carbocycles. The van der Waals surface area contributed by atoms with Gasteiger partial charge in [-0.1, -0.05) is 12.1 Å². The van der Waals surface area contributed by atoms with Crippen LogP contribution in [0, 0.1) is 0 Å². The summed E-state index contributed by atoms with van der Waals surface area (Å²) < 4.78 is 5.12. The molecule has 0 spiro atoms. The Balaban J connectivity index is 2.37. The van der Waals surface area contributed by atoms with E-state index in [0.717, 1.165) is 0 Å². The van der Waals surface area contributed by atoms with Crippen LogP contribution in [0.1, 0.15) is 55.3 Å². The molecule has 1 rings (SSSR count). The van der Waals surface area contributed by atoms with Gasteiger partial charge in [-0.25, -0.2) is 10.3 Å². The van der Waals surface area contributed by atoms with E-state index in [1.165, 1.54) is 19.1 Å². The van der Waals surface area contributed by atoms with Crippen molar-refractivity contribution >= 4 is 17.8 Å². The van der Waals surface area contributed by atoms with Gasteiger partial charge in [0.2, 0.25) is 0 Å². The summed E-state index contributed by atoms with van der Waals surface area (Å²) in [6.45, 7) is 8.56. The van der Waals surface area contributed by atoms with Crippen molar-refractivity contribution in [3.05, 3.63) is 35.4 Å². The van der Waals surface area contributed by atoms with Gasteiger partial charge in [0.05, 0.1) is 12.6 Å². The van der Waals surface area contributed by atoms with E-state index in [1.807, 2.05) is 0 Å². The zero-order valence-electron chi connectivity index (χ0n) is 14.6. The number of hydroxylamine groups is 1. The molecule has 0 fully saturated rings. The highest BCUT2D eigenvalue weighted by molar-refractivity contribution is 5.97. The molecule has 1 atom stereocenters. The number of hydrogen-bond acceptors (Lipinski definition) is 5. The van der Waals surface area contributed by atoms with Gasteiger partial charge in [0.1, 0.15) is 5.60 Å². The molecule has 0 bridgehead atoms. The number of ketones is 1. The quantitative estimate of drug-likeness (QED) is 0.615. The molecule has 0 aliphatic rings. The van der Waals surface area contributed by atoms with Gasteiger partial charge >= 0.3 is 6.09 Å². The van der Waals surface area contributed by atoms with E-state index in [2.05, 4.69) is 10.8 Å². The predicted octanol–water partition coefficient (Wildman–Crippen LogP) is 2.46. The Labute approximate surface area is 141 Å². The molecule has 2 amide bonds. The van der Waals surface area contributed by atoms with Crippen LogP contribution in [-0.2, 0) is 9.57 Å². The van der Waals surface area contributed by atoms with E-state index >= 15 is 0 Å². The van der Waals surface area contributed by atoms with Gasteiger partial charge in [-0.15, -0.1) is 0 Å². The molecule has 7 nitrogen and oxygen atoms in total. The van der Waals surface area contributed by atoms with Crippen LogP contribution < -0.4 is 10.8 Å². The molecular weight excluding hydrogens is 312 g/mol. The number of carbonyl (C=O) groups is 3. The van der Waals surface area contributed by atoms with Gasteiger partial charge in [0, 0.05) is 11.1 Å². The topological polar surface area (TPSA) is 93.7 Å². The van der Waals surface area contributed by atoms with Gasteiger partial charge in [-0.3, -0.25) is 14.4 Å². The smallest absolute Gasteiger partial charge is 0.407 e. The van der Waals surface area contributed by atoms with Crippen LogP contribution in [0.25, 0.3) is 0 Å². The zero-order chi connectivity index (χ0) is 18.3. The number of ether oxygens (including phenoxy) is 1. The molecule has 0 aromatic heterocycles. The largest absolute Gasteiger partial charge is 0.444 e. The van der Waals surface area contributed by atoms with Crippen molar-refractivity contribution in [1.82, 2.24) is 10.8 Å². The number of Topliss-reactive ketones (excluding diaryl/α,β-unsaturated/α-hetero) is 1. The first-order chi connectivity index (χ1) is 11.1. The molecule has 0 unspecified atom stereocenters. The highest BCUT2D eigenvalue weighted by Crippen LogP contribution is 2.07. The van der Waals surface area contributed by atoms with Crippen LogP contribution in [0.15, 0.2) is 24.3 Å². The minimum Gasteiger partial charge on any atom is -0.444 e. The minimum absolute atomic E-state index is 0.0692. The molecule has 0 radical (unpaired) electrons. The monoisotopic (exact) mass is 336 g/mol. The summed E-state index contributed by atoms with van der Waals surface area (Å²) in [5, 5.41) is 2.59. The van der Waals surface area contributed by atoms with Crippen LogP contribution in [0.3, 0.4) is 0 Å². The maximum atomic E-state index is 11.9. The van der Waals surface area contributed by atoms with Crippen LogP contribution in [0.2, 0.25) is 0 Å². The van der Waals surface area contributed by atoms with Crippen molar-refractivity contribution in [1.29, 1.82) is 0 Å². The van der Waals surface area contributed by atoms with Gasteiger partial charge in [-0.05, 0) is 46.8 Å². The lowest BCUT2D eigenvalue weighted by Gasteiger charge is -2.21. The van der Waals surface area contributed by atoms with E-state index in [9.17, 15) is 14.4 Å². The number of carbonyl (C=O) groups excluding carboxylic acids is 3. The third-order valence-corrected chi connectivity index (χ3v) is 2.81. The Morgan fingerprint density at radius 1 is 1.08 bits per heavy atom. The lowest BCUT2D eigenvalue weighted by molar-refractivity contribution is 0.0190. The Kier molecular flexibility index (Phi) is 6.91. The first kappa shape index (κ1) is 19.6. The fourth-order valence-corrected chi connectivity index (χ4v) is 1.70. The minimum atomic E-state index is -0.578. The summed E-state index contributed by atoms with van der Waals surface area (Å²) in [5.41, 5.74) is 2.60. The fraction of sp³-hybridized carbons (Fsp3) is 0.471. The lowest BCUT2D eigenvalue weighted by atomic mass is 10.1. The average molecular weight is 336 g/mol. The number of nitrogens with one attached hydrogen (secondary N) is 2. The molecule has 0 aliphatic heterocycles. The molecule has 0 saturated heterocycles. The summed E-state index contributed by atoms with van der Waals surface area (Å²) in [4.78, 5) is 39.7. The molecule has 24 heavy (non-hydrogen) atoms. The van der Waals surface area contributed by atoms with E-state index in [1.54, 1.807) is 39.8 Å². The van der Waals surface area contributed by atoms with Crippen LogP contribution >= 0.6 is 0 Å². The number of alkyl carbamates (subject to hydrolysis) is 1. The highest BCUT2D eigenvalue weighted by Gasteiger charge is 2.18. The first-order valence-electron chi connectivity index (χ1n) is 7.61. The van der Waals surface area contributed by atoms with E-state index in [-0.39, 0.29) is 18.4 Å². The second-order valence-electron chi connectivity index (χ2n) is 6.42. The predicted molar refractivity (Wildman–Crippen MR) is 88.7 cm³/mol. The van der Waals surface area contributed by atoms with Gasteiger partial charge in [-0.2, -0.15) is 0 Å². The average Bonchev–Trinajstić information content (AvgIpc) is 2.45. The summed E-state index contributed by atoms with van der Waals surface area (Å²) >= 11 is 0. The van der Waals surface area contributed by atoms with Gasteiger partial charge < -0.3 is 10.1 Å². The molecular formula is C17H24N2O5. The summed E-state index contributed by atoms with van der Waals surface area (Å²) in [5.74, 6) is -0.505. The first-order valence-corrected chi connectivity index (χ1v) is 7.61. The molecule has 1 aromatic carbocycles. The Morgan fingerprint density at radius 2 is 1.62 bits per heavy atom. The second kappa shape index (κ2) is 8.44. The van der Waals surface area contributed by atoms with Gasteiger partial charge in [0.25, 0.3) is 5.91 Å². The van der Waals surface area contributed by atoms with Crippen molar-refractivity contribution in [2.75, 3.05) is 6.61 Å². The fourth-order valence-electron chi connectivity index (χ4n) is 1.70. The third kappa shape index (κ3) is 7.23. The van der Waals surface area contributed by atoms with Crippen LogP contribution in [0.5, 0.6) is 0 Å². The zero-order valence-corrected chi connectivity index (χ0v) is 14.6. The molecule has 2 N–H and O–H groups in total. The van der Waals surface area contributed by atoms with E-state index in [0.29, 0.717) is 11.1 Å². The highest BCUT2D eigenvalue weighted by atomic mass is 16.7. The third-order valence-electron chi connectivity index (χ3n) is 2.81. The number of benzene rings is 1. The summed E-state index contributed by atoms with van der Waals surface area (Å²) in [7, 11) is 0. The van der Waals surface area contributed by atoms with Gasteiger partial charge in [0.15, 0.2) is 5.78 Å². The number of rotatable bonds is 6. The standard InChI is InChI=1S/C17H24N2O5/c1-11(18-16(22)24-17(3,4)5)10-23-19-15(21)14-8-6-13(7-9-14)12(2)20/h6-9,11H,10H2,1-5H3,(H,18,22)(H,19,21)/t11-/m0/s1. The summed E-state index contributed by atoms with van der Waals surface area (Å²) in [6.07, 6.45) is -0.551. The molecule has 1 aromatic rings. The van der Waals surface area contributed by atoms with Crippen molar-refractivity contribution in [3.63, 3.8) is 0 Å². The van der Waals surface area contributed by atoms with Crippen molar-refractivity contribution in [2.45, 2.75) is 46.3 Å². The molecule has 7 heteroatoms. The van der Waals surface area contributed by atoms with Crippen molar-refractivity contribution < 1.29 is 24.0 Å². The molecule has 132 valence electrons.